The second-order valence-electron chi connectivity index (χ2n) is 6.25. The Bertz CT molecular complexity index is 407. The molecule has 0 saturated carbocycles. The molecule has 25 heavy (non-hydrogen) atoms. The molecule has 6 nitrogen and oxygen atoms in total. The number of carbonyl (C=O) groups excluding carboxylic acids is 1. The number of unbranched alkanes of at least 4 members (excludes halogenated alkanes) is 4. The normalized spacial score (nSPS) is 22.0. The first kappa shape index (κ1) is 21.8. The van der Waals surface area contributed by atoms with Gasteiger partial charge in [0.25, 0.3) is 0 Å². The third-order valence-corrected chi connectivity index (χ3v) is 4.22. The highest BCUT2D eigenvalue weighted by atomic mass is 17.2. The number of rotatable bonds is 13. The van der Waals surface area contributed by atoms with Crippen molar-refractivity contribution in [2.75, 3.05) is 7.11 Å². The fraction of sp³-hybridized carbons (Fsp3) is 0.737. The molecular weight excluding hydrogens is 324 g/mol. The molecule has 0 aromatic rings. The molecule has 0 aromatic heterocycles. The standard InChI is InChI=1S/C19H32O6/c1-3-4-5-9-12-16-15-18(25-24-16)17(23-21)13-10-7-6-8-11-14-19(20)22-2/h4-5,9,12,16-18,21H,3,6-8,10-11,13-15H2,1-2H3. The maximum atomic E-state index is 11.0. The van der Waals surface area contributed by atoms with E-state index in [2.05, 4.69) is 22.6 Å². The smallest absolute Gasteiger partial charge is 0.305 e. The Kier molecular flexibility index (Phi) is 12.2. The summed E-state index contributed by atoms with van der Waals surface area (Å²) >= 11 is 0. The van der Waals surface area contributed by atoms with Crippen LogP contribution in [0, 0.1) is 0 Å². The molecule has 1 fully saturated rings. The molecule has 0 amide bonds. The molecule has 0 aliphatic carbocycles. The Hall–Kier alpha value is -1.21. The van der Waals surface area contributed by atoms with Gasteiger partial charge in [-0.1, -0.05) is 56.9 Å². The molecule has 1 N–H and O–H groups in total. The number of esters is 1. The van der Waals surface area contributed by atoms with E-state index in [1.54, 1.807) is 0 Å². The Balaban J connectivity index is 2.14. The molecule has 0 aromatic carbocycles. The molecule has 6 heteroatoms. The Morgan fingerprint density at radius 3 is 2.68 bits per heavy atom. The highest BCUT2D eigenvalue weighted by molar-refractivity contribution is 5.68. The van der Waals surface area contributed by atoms with Crippen molar-refractivity contribution in [2.45, 2.75) is 83.0 Å². The second kappa shape index (κ2) is 14.0. The number of allylic oxidation sites excluding steroid dienone is 3. The number of hydrogen-bond donors (Lipinski definition) is 1. The van der Waals surface area contributed by atoms with Gasteiger partial charge >= 0.3 is 5.97 Å². The number of hydrogen-bond acceptors (Lipinski definition) is 6. The van der Waals surface area contributed by atoms with E-state index in [0.29, 0.717) is 19.3 Å². The van der Waals surface area contributed by atoms with Crippen molar-refractivity contribution in [2.24, 2.45) is 0 Å². The van der Waals surface area contributed by atoms with E-state index in [1.807, 2.05) is 18.2 Å². The van der Waals surface area contributed by atoms with E-state index >= 15 is 0 Å². The first-order valence-electron chi connectivity index (χ1n) is 9.23. The van der Waals surface area contributed by atoms with Gasteiger partial charge in [-0.05, 0) is 19.3 Å². The van der Waals surface area contributed by atoms with Crippen molar-refractivity contribution >= 4 is 5.97 Å². The minimum atomic E-state index is -0.375. The lowest BCUT2D eigenvalue weighted by Gasteiger charge is -2.17. The van der Waals surface area contributed by atoms with E-state index in [-0.39, 0.29) is 24.3 Å². The summed E-state index contributed by atoms with van der Waals surface area (Å²) in [5.41, 5.74) is 0. The summed E-state index contributed by atoms with van der Waals surface area (Å²) in [5.74, 6) is -0.152. The van der Waals surface area contributed by atoms with E-state index in [9.17, 15) is 4.79 Å². The number of ether oxygens (including phenoxy) is 1. The van der Waals surface area contributed by atoms with Crippen molar-refractivity contribution in [1.29, 1.82) is 0 Å². The summed E-state index contributed by atoms with van der Waals surface area (Å²) in [5, 5.41) is 9.13. The zero-order valence-electron chi connectivity index (χ0n) is 15.4. The Morgan fingerprint density at radius 2 is 1.96 bits per heavy atom. The average Bonchev–Trinajstić information content (AvgIpc) is 3.09. The molecule has 1 saturated heterocycles. The molecule has 0 spiro atoms. The van der Waals surface area contributed by atoms with Gasteiger partial charge in [-0.25, -0.2) is 14.7 Å². The average molecular weight is 356 g/mol. The van der Waals surface area contributed by atoms with E-state index < -0.39 is 0 Å². The predicted molar refractivity (Wildman–Crippen MR) is 94.8 cm³/mol. The van der Waals surface area contributed by atoms with Gasteiger partial charge in [0.2, 0.25) is 0 Å². The Morgan fingerprint density at radius 1 is 1.20 bits per heavy atom. The van der Waals surface area contributed by atoms with E-state index in [0.717, 1.165) is 38.5 Å². The number of carbonyl (C=O) groups is 1. The minimum Gasteiger partial charge on any atom is -0.469 e. The summed E-state index contributed by atoms with van der Waals surface area (Å²) < 4.78 is 4.61. The van der Waals surface area contributed by atoms with Crippen LogP contribution >= 0.6 is 0 Å². The Labute approximate surface area is 150 Å². The fourth-order valence-corrected chi connectivity index (χ4v) is 2.73. The van der Waals surface area contributed by atoms with Crippen molar-refractivity contribution < 1.29 is 29.5 Å². The van der Waals surface area contributed by atoms with Crippen molar-refractivity contribution in [1.82, 2.24) is 0 Å². The minimum absolute atomic E-state index is 0.109. The zero-order chi connectivity index (χ0) is 18.3. The van der Waals surface area contributed by atoms with Crippen molar-refractivity contribution in [3.63, 3.8) is 0 Å². The van der Waals surface area contributed by atoms with Crippen LogP contribution in [0.15, 0.2) is 24.3 Å². The lowest BCUT2D eigenvalue weighted by molar-refractivity contribution is -0.348. The van der Waals surface area contributed by atoms with Gasteiger partial charge < -0.3 is 4.74 Å². The van der Waals surface area contributed by atoms with Gasteiger partial charge in [0.1, 0.15) is 18.3 Å². The summed E-state index contributed by atoms with van der Waals surface area (Å²) in [7, 11) is 1.41. The van der Waals surface area contributed by atoms with E-state index in [1.165, 1.54) is 7.11 Å². The second-order valence-corrected chi connectivity index (χ2v) is 6.25. The van der Waals surface area contributed by atoms with Gasteiger partial charge in [0.05, 0.1) is 7.11 Å². The zero-order valence-corrected chi connectivity index (χ0v) is 15.4. The molecular formula is C19H32O6. The lowest BCUT2D eigenvalue weighted by atomic mass is 10.0. The lowest BCUT2D eigenvalue weighted by Crippen LogP contribution is -2.27. The maximum Gasteiger partial charge on any atom is 0.305 e. The van der Waals surface area contributed by atoms with Gasteiger partial charge in [-0.15, -0.1) is 0 Å². The van der Waals surface area contributed by atoms with Gasteiger partial charge in [0.15, 0.2) is 0 Å². The van der Waals surface area contributed by atoms with Gasteiger partial charge in [-0.3, -0.25) is 10.1 Å². The van der Waals surface area contributed by atoms with Crippen LogP contribution in [0.3, 0.4) is 0 Å². The third-order valence-electron chi connectivity index (χ3n) is 4.22. The maximum absolute atomic E-state index is 11.0. The first-order chi connectivity index (χ1) is 12.2. The van der Waals surface area contributed by atoms with Crippen LogP contribution in [-0.4, -0.2) is 36.6 Å². The monoisotopic (exact) mass is 356 g/mol. The molecule has 1 aliphatic rings. The summed E-state index contributed by atoms with van der Waals surface area (Å²) in [6.45, 7) is 2.08. The van der Waals surface area contributed by atoms with Crippen LogP contribution in [0.25, 0.3) is 0 Å². The van der Waals surface area contributed by atoms with Crippen LogP contribution < -0.4 is 0 Å². The van der Waals surface area contributed by atoms with Crippen LogP contribution in [0.5, 0.6) is 0 Å². The highest BCUT2D eigenvalue weighted by Gasteiger charge is 2.33. The first-order valence-corrected chi connectivity index (χ1v) is 9.23. The highest BCUT2D eigenvalue weighted by Crippen LogP contribution is 2.25. The van der Waals surface area contributed by atoms with Crippen LogP contribution in [0.4, 0.5) is 0 Å². The fourth-order valence-electron chi connectivity index (χ4n) is 2.73. The van der Waals surface area contributed by atoms with Gasteiger partial charge in [-0.2, -0.15) is 0 Å². The summed E-state index contributed by atoms with van der Waals surface area (Å²) in [6, 6.07) is 0. The molecule has 0 bridgehead atoms. The largest absolute Gasteiger partial charge is 0.469 e. The molecule has 3 unspecified atom stereocenters. The molecule has 0 radical (unpaired) electrons. The number of methoxy groups -OCH3 is 1. The van der Waals surface area contributed by atoms with E-state index in [4.69, 9.17) is 15.0 Å². The SMILES string of the molecule is CCC=CC=CC1CC(C(CCCCCCCC(=O)OC)OO)OO1. The van der Waals surface area contributed by atoms with Gasteiger partial charge in [0, 0.05) is 12.8 Å². The van der Waals surface area contributed by atoms with Crippen molar-refractivity contribution in [3.8, 4) is 0 Å². The molecule has 1 heterocycles. The predicted octanol–water partition coefficient (Wildman–Crippen LogP) is 4.36. The van der Waals surface area contributed by atoms with Crippen LogP contribution in [0.1, 0.15) is 64.7 Å². The summed E-state index contributed by atoms with van der Waals surface area (Å²) in [4.78, 5) is 26.2. The molecule has 3 atom stereocenters. The third kappa shape index (κ3) is 9.75. The van der Waals surface area contributed by atoms with Crippen LogP contribution in [0.2, 0.25) is 0 Å². The van der Waals surface area contributed by atoms with Crippen molar-refractivity contribution in [3.05, 3.63) is 24.3 Å². The quantitative estimate of drug-likeness (QED) is 0.174. The molecule has 1 rings (SSSR count). The van der Waals surface area contributed by atoms with Crippen LogP contribution in [-0.2, 0) is 24.2 Å². The molecule has 1 aliphatic heterocycles. The summed E-state index contributed by atoms with van der Waals surface area (Å²) in [6.07, 6.45) is 14.9. The topological polar surface area (TPSA) is 74.2 Å². The molecule has 144 valence electrons.